The van der Waals surface area contributed by atoms with Crippen LogP contribution in [0, 0.1) is 0 Å². The number of nitrogens with zero attached hydrogens (tertiary/aromatic N) is 2. The third-order valence-corrected chi connectivity index (χ3v) is 2.54. The molecule has 0 aliphatic rings. The first-order valence-corrected chi connectivity index (χ1v) is 5.80. The molecule has 0 radical (unpaired) electrons. The van der Waals surface area contributed by atoms with Crippen molar-refractivity contribution in [2.45, 2.75) is 19.5 Å². The molecule has 0 aliphatic heterocycles. The molecule has 1 aromatic heterocycles. The SMILES string of the molecule is Oc1cccc(CNCCCn2cccn2)c1. The maximum atomic E-state index is 9.30. The number of aryl methyl sites for hydroxylation is 1. The fraction of sp³-hybridized carbons (Fsp3) is 0.308. The Kier molecular flexibility index (Phi) is 4.16. The van der Waals surface area contributed by atoms with E-state index in [0.717, 1.165) is 31.6 Å². The van der Waals surface area contributed by atoms with Crippen LogP contribution < -0.4 is 5.32 Å². The van der Waals surface area contributed by atoms with Gasteiger partial charge < -0.3 is 10.4 Å². The van der Waals surface area contributed by atoms with Gasteiger partial charge in [-0.1, -0.05) is 12.1 Å². The van der Waals surface area contributed by atoms with Crippen LogP contribution in [0.2, 0.25) is 0 Å². The van der Waals surface area contributed by atoms with E-state index in [1.54, 1.807) is 18.3 Å². The molecule has 0 bridgehead atoms. The van der Waals surface area contributed by atoms with Crippen molar-refractivity contribution in [3.05, 3.63) is 48.3 Å². The first-order chi connectivity index (χ1) is 8.34. The summed E-state index contributed by atoms with van der Waals surface area (Å²) >= 11 is 0. The average molecular weight is 231 g/mol. The molecule has 90 valence electrons. The predicted molar refractivity (Wildman–Crippen MR) is 66.7 cm³/mol. The quantitative estimate of drug-likeness (QED) is 0.745. The topological polar surface area (TPSA) is 50.1 Å². The predicted octanol–water partition coefficient (Wildman–Crippen LogP) is 1.77. The van der Waals surface area contributed by atoms with E-state index in [1.807, 2.05) is 29.1 Å². The van der Waals surface area contributed by atoms with Gasteiger partial charge in [-0.3, -0.25) is 4.68 Å². The minimum atomic E-state index is 0.320. The highest BCUT2D eigenvalue weighted by atomic mass is 16.3. The van der Waals surface area contributed by atoms with Crippen molar-refractivity contribution in [1.82, 2.24) is 15.1 Å². The largest absolute Gasteiger partial charge is 0.508 e. The summed E-state index contributed by atoms with van der Waals surface area (Å²) in [6.07, 6.45) is 4.80. The van der Waals surface area contributed by atoms with Crippen LogP contribution in [-0.4, -0.2) is 21.4 Å². The Hall–Kier alpha value is -1.81. The molecule has 4 nitrogen and oxygen atoms in total. The molecule has 0 spiro atoms. The van der Waals surface area contributed by atoms with Crippen molar-refractivity contribution in [1.29, 1.82) is 0 Å². The van der Waals surface area contributed by atoms with Crippen molar-refractivity contribution in [2.24, 2.45) is 0 Å². The van der Waals surface area contributed by atoms with E-state index in [0.29, 0.717) is 5.75 Å². The molecule has 2 N–H and O–H groups in total. The molecule has 1 heterocycles. The van der Waals surface area contributed by atoms with Crippen molar-refractivity contribution in [3.63, 3.8) is 0 Å². The van der Waals surface area contributed by atoms with Gasteiger partial charge in [0.2, 0.25) is 0 Å². The first kappa shape index (κ1) is 11.7. The normalized spacial score (nSPS) is 10.6. The van der Waals surface area contributed by atoms with Gasteiger partial charge in [0.25, 0.3) is 0 Å². The number of hydrogen-bond acceptors (Lipinski definition) is 3. The molecular weight excluding hydrogens is 214 g/mol. The molecular formula is C13H17N3O. The van der Waals surface area contributed by atoms with Crippen LogP contribution in [0.3, 0.4) is 0 Å². The van der Waals surface area contributed by atoms with Crippen LogP contribution in [0.25, 0.3) is 0 Å². The molecule has 0 unspecified atom stereocenters. The van der Waals surface area contributed by atoms with E-state index in [2.05, 4.69) is 10.4 Å². The van der Waals surface area contributed by atoms with Crippen LogP contribution in [0.1, 0.15) is 12.0 Å². The maximum absolute atomic E-state index is 9.30. The Morgan fingerprint density at radius 2 is 2.24 bits per heavy atom. The fourth-order valence-electron chi connectivity index (χ4n) is 1.70. The second-order valence-corrected chi connectivity index (χ2v) is 3.97. The number of phenolic OH excluding ortho intramolecular Hbond substituents is 1. The van der Waals surface area contributed by atoms with Crippen LogP contribution in [-0.2, 0) is 13.1 Å². The molecule has 0 amide bonds. The zero-order valence-electron chi connectivity index (χ0n) is 9.71. The van der Waals surface area contributed by atoms with Gasteiger partial charge in [0, 0.05) is 25.5 Å². The van der Waals surface area contributed by atoms with Crippen LogP contribution >= 0.6 is 0 Å². The van der Waals surface area contributed by atoms with E-state index in [1.165, 1.54) is 0 Å². The summed E-state index contributed by atoms with van der Waals surface area (Å²) in [5.41, 5.74) is 1.10. The van der Waals surface area contributed by atoms with E-state index in [-0.39, 0.29) is 0 Å². The number of nitrogens with one attached hydrogen (secondary N) is 1. The lowest BCUT2D eigenvalue weighted by Gasteiger charge is -2.05. The van der Waals surface area contributed by atoms with Gasteiger partial charge in [-0.05, 0) is 36.7 Å². The summed E-state index contributed by atoms with van der Waals surface area (Å²) in [6.45, 7) is 2.66. The lowest BCUT2D eigenvalue weighted by Crippen LogP contribution is -2.16. The highest BCUT2D eigenvalue weighted by Gasteiger charge is 1.95. The fourth-order valence-corrected chi connectivity index (χ4v) is 1.70. The molecule has 2 aromatic rings. The summed E-state index contributed by atoms with van der Waals surface area (Å²) < 4.78 is 1.93. The van der Waals surface area contributed by atoms with Gasteiger partial charge in [-0.25, -0.2) is 0 Å². The summed E-state index contributed by atoms with van der Waals surface area (Å²) in [7, 11) is 0. The van der Waals surface area contributed by atoms with Crippen molar-refractivity contribution in [3.8, 4) is 5.75 Å². The van der Waals surface area contributed by atoms with Gasteiger partial charge in [0.1, 0.15) is 5.75 Å². The number of hydrogen-bond donors (Lipinski definition) is 2. The second-order valence-electron chi connectivity index (χ2n) is 3.97. The molecule has 0 fully saturated rings. The van der Waals surface area contributed by atoms with Crippen molar-refractivity contribution >= 4 is 0 Å². The average Bonchev–Trinajstić information content (AvgIpc) is 2.82. The molecule has 17 heavy (non-hydrogen) atoms. The lowest BCUT2D eigenvalue weighted by molar-refractivity contribution is 0.474. The monoisotopic (exact) mass is 231 g/mol. The zero-order chi connectivity index (χ0) is 11.9. The van der Waals surface area contributed by atoms with E-state index < -0.39 is 0 Å². The number of rotatable bonds is 6. The third-order valence-electron chi connectivity index (χ3n) is 2.54. The van der Waals surface area contributed by atoms with Gasteiger partial charge in [0.05, 0.1) is 0 Å². The summed E-state index contributed by atoms with van der Waals surface area (Å²) in [4.78, 5) is 0. The maximum Gasteiger partial charge on any atom is 0.115 e. The summed E-state index contributed by atoms with van der Waals surface area (Å²) in [5, 5.41) is 16.8. The van der Waals surface area contributed by atoms with Crippen molar-refractivity contribution < 1.29 is 5.11 Å². The number of phenols is 1. The summed E-state index contributed by atoms with van der Waals surface area (Å²) in [5.74, 6) is 0.320. The van der Waals surface area contributed by atoms with E-state index in [9.17, 15) is 5.11 Å². The minimum Gasteiger partial charge on any atom is -0.508 e. The Bertz CT molecular complexity index is 440. The molecule has 1 aromatic carbocycles. The molecule has 0 saturated carbocycles. The van der Waals surface area contributed by atoms with Crippen LogP contribution in [0.15, 0.2) is 42.7 Å². The molecule has 2 rings (SSSR count). The van der Waals surface area contributed by atoms with Crippen LogP contribution in [0.4, 0.5) is 0 Å². The number of aromatic hydroxyl groups is 1. The zero-order valence-corrected chi connectivity index (χ0v) is 9.71. The van der Waals surface area contributed by atoms with E-state index >= 15 is 0 Å². The highest BCUT2D eigenvalue weighted by molar-refractivity contribution is 5.26. The van der Waals surface area contributed by atoms with Crippen LogP contribution in [0.5, 0.6) is 5.75 Å². The Balaban J connectivity index is 1.63. The standard InChI is InChI=1S/C13H17N3O/c17-13-5-1-4-12(10-13)11-14-6-2-8-16-9-3-7-15-16/h1,3-5,7,9-10,14,17H,2,6,8,11H2. The summed E-state index contributed by atoms with van der Waals surface area (Å²) in [6, 6.07) is 9.25. The Labute approximate surface area is 101 Å². The molecule has 4 heteroatoms. The van der Waals surface area contributed by atoms with Gasteiger partial charge in [-0.2, -0.15) is 5.10 Å². The third kappa shape index (κ3) is 3.92. The van der Waals surface area contributed by atoms with Crippen molar-refractivity contribution in [2.75, 3.05) is 6.54 Å². The Morgan fingerprint density at radius 1 is 1.29 bits per heavy atom. The smallest absolute Gasteiger partial charge is 0.115 e. The van der Waals surface area contributed by atoms with Gasteiger partial charge >= 0.3 is 0 Å². The molecule has 0 atom stereocenters. The molecule has 0 aliphatic carbocycles. The number of benzene rings is 1. The first-order valence-electron chi connectivity index (χ1n) is 5.80. The second kappa shape index (κ2) is 6.06. The lowest BCUT2D eigenvalue weighted by atomic mass is 10.2. The highest BCUT2D eigenvalue weighted by Crippen LogP contribution is 2.10. The molecule has 0 saturated heterocycles. The van der Waals surface area contributed by atoms with E-state index in [4.69, 9.17) is 0 Å². The van der Waals surface area contributed by atoms with Gasteiger partial charge in [0.15, 0.2) is 0 Å². The minimum absolute atomic E-state index is 0.320. The number of aromatic nitrogens is 2. The Morgan fingerprint density at radius 3 is 3.00 bits per heavy atom. The van der Waals surface area contributed by atoms with Gasteiger partial charge in [-0.15, -0.1) is 0 Å².